The lowest BCUT2D eigenvalue weighted by Crippen LogP contribution is -2.23. The Kier molecular flexibility index (Phi) is 5.91. The number of methoxy groups -OCH3 is 1. The predicted molar refractivity (Wildman–Crippen MR) is 74.1 cm³/mol. The van der Waals surface area contributed by atoms with Crippen LogP contribution < -0.4 is 4.90 Å². The average Bonchev–Trinajstić information content (AvgIpc) is 2.38. The number of para-hydroxylation sites is 1. The van der Waals surface area contributed by atoms with Gasteiger partial charge in [-0.25, -0.2) is 4.79 Å². The molecule has 0 amide bonds. The van der Waals surface area contributed by atoms with Crippen LogP contribution in [0.5, 0.6) is 0 Å². The first kappa shape index (κ1) is 13.9. The van der Waals surface area contributed by atoms with Crippen molar-refractivity contribution in [1.82, 2.24) is 0 Å². The Hall–Kier alpha value is -1.16. The fourth-order valence-electron chi connectivity index (χ4n) is 1.56. The maximum absolute atomic E-state index is 11.6. The van der Waals surface area contributed by atoms with Crippen LogP contribution in [0.15, 0.2) is 24.3 Å². The SMILES string of the molecule is CCSCCN(C)c1ccccc1C(=O)OC. The summed E-state index contributed by atoms with van der Waals surface area (Å²) in [5.74, 6) is 1.89. The molecule has 0 saturated heterocycles. The lowest BCUT2D eigenvalue weighted by Gasteiger charge is -2.21. The van der Waals surface area contributed by atoms with Gasteiger partial charge in [-0.2, -0.15) is 11.8 Å². The molecule has 0 heterocycles. The minimum Gasteiger partial charge on any atom is -0.465 e. The van der Waals surface area contributed by atoms with E-state index in [1.165, 1.54) is 7.11 Å². The van der Waals surface area contributed by atoms with Crippen LogP contribution in [-0.2, 0) is 4.74 Å². The van der Waals surface area contributed by atoms with Crippen molar-refractivity contribution in [1.29, 1.82) is 0 Å². The molecule has 0 aliphatic carbocycles. The van der Waals surface area contributed by atoms with Crippen molar-refractivity contribution in [3.63, 3.8) is 0 Å². The number of esters is 1. The van der Waals surface area contributed by atoms with E-state index in [-0.39, 0.29) is 5.97 Å². The van der Waals surface area contributed by atoms with Crippen LogP contribution in [0.3, 0.4) is 0 Å². The first-order valence-corrected chi connectivity index (χ1v) is 6.82. The van der Waals surface area contributed by atoms with Gasteiger partial charge in [0.15, 0.2) is 0 Å². The van der Waals surface area contributed by atoms with Crippen molar-refractivity contribution >= 4 is 23.4 Å². The van der Waals surface area contributed by atoms with Crippen LogP contribution in [0.1, 0.15) is 17.3 Å². The van der Waals surface area contributed by atoms with Crippen LogP contribution in [0.25, 0.3) is 0 Å². The monoisotopic (exact) mass is 253 g/mol. The van der Waals surface area contributed by atoms with Crippen LogP contribution >= 0.6 is 11.8 Å². The van der Waals surface area contributed by atoms with E-state index in [4.69, 9.17) is 4.74 Å². The predicted octanol–water partition coefficient (Wildman–Crippen LogP) is 2.66. The summed E-state index contributed by atoms with van der Waals surface area (Å²) in [4.78, 5) is 13.7. The van der Waals surface area contributed by atoms with Gasteiger partial charge in [0.1, 0.15) is 0 Å². The molecule has 0 radical (unpaired) electrons. The normalized spacial score (nSPS) is 10.1. The molecule has 94 valence electrons. The molecule has 0 aliphatic heterocycles. The summed E-state index contributed by atoms with van der Waals surface area (Å²) in [6.07, 6.45) is 0. The van der Waals surface area contributed by atoms with Crippen molar-refractivity contribution in [3.05, 3.63) is 29.8 Å². The molecular formula is C13H19NO2S. The van der Waals surface area contributed by atoms with Gasteiger partial charge in [-0.1, -0.05) is 19.1 Å². The van der Waals surface area contributed by atoms with Gasteiger partial charge in [0.2, 0.25) is 0 Å². The average molecular weight is 253 g/mol. The van der Waals surface area contributed by atoms with E-state index in [0.717, 1.165) is 23.7 Å². The highest BCUT2D eigenvalue weighted by Gasteiger charge is 2.13. The lowest BCUT2D eigenvalue weighted by atomic mass is 10.1. The molecule has 0 aromatic heterocycles. The summed E-state index contributed by atoms with van der Waals surface area (Å²) in [6.45, 7) is 3.07. The summed E-state index contributed by atoms with van der Waals surface area (Å²) < 4.78 is 4.78. The molecule has 3 nitrogen and oxygen atoms in total. The quantitative estimate of drug-likeness (QED) is 0.576. The van der Waals surface area contributed by atoms with Gasteiger partial charge in [0.05, 0.1) is 18.4 Å². The second-order valence-electron chi connectivity index (χ2n) is 3.63. The van der Waals surface area contributed by atoms with Crippen molar-refractivity contribution < 1.29 is 9.53 Å². The standard InChI is InChI=1S/C13H19NO2S/c1-4-17-10-9-14(2)12-8-6-5-7-11(12)13(15)16-3/h5-8H,4,9-10H2,1-3H3. The molecule has 1 rings (SSSR count). The number of thioether (sulfide) groups is 1. The topological polar surface area (TPSA) is 29.5 Å². The number of nitrogens with zero attached hydrogens (tertiary/aromatic N) is 1. The van der Waals surface area contributed by atoms with Crippen molar-refractivity contribution in [3.8, 4) is 0 Å². The number of carbonyl (C=O) groups excluding carboxylic acids is 1. The molecule has 17 heavy (non-hydrogen) atoms. The largest absolute Gasteiger partial charge is 0.465 e. The Balaban J connectivity index is 2.78. The number of ether oxygens (including phenoxy) is 1. The molecule has 0 saturated carbocycles. The third-order valence-corrected chi connectivity index (χ3v) is 3.38. The number of anilines is 1. The number of hydrogen-bond donors (Lipinski definition) is 0. The summed E-state index contributed by atoms with van der Waals surface area (Å²) in [7, 11) is 3.41. The highest BCUT2D eigenvalue weighted by atomic mass is 32.2. The van der Waals surface area contributed by atoms with E-state index in [0.29, 0.717) is 5.56 Å². The molecule has 0 unspecified atom stereocenters. The maximum atomic E-state index is 11.6. The zero-order valence-corrected chi connectivity index (χ0v) is 11.4. The van der Waals surface area contributed by atoms with Crippen molar-refractivity contribution in [2.24, 2.45) is 0 Å². The van der Waals surface area contributed by atoms with Gasteiger partial charge < -0.3 is 9.64 Å². The maximum Gasteiger partial charge on any atom is 0.339 e. The molecule has 0 bridgehead atoms. The molecule has 0 atom stereocenters. The second-order valence-corrected chi connectivity index (χ2v) is 5.02. The van der Waals surface area contributed by atoms with E-state index in [9.17, 15) is 4.79 Å². The Labute approximate surface area is 107 Å². The van der Waals surface area contributed by atoms with Gasteiger partial charge in [0, 0.05) is 19.3 Å². The smallest absolute Gasteiger partial charge is 0.339 e. The molecule has 1 aromatic carbocycles. The first-order chi connectivity index (χ1) is 8.20. The lowest BCUT2D eigenvalue weighted by molar-refractivity contribution is 0.0601. The second kappa shape index (κ2) is 7.22. The third-order valence-electron chi connectivity index (χ3n) is 2.50. The van der Waals surface area contributed by atoms with Crippen molar-refractivity contribution in [2.45, 2.75) is 6.92 Å². The number of benzene rings is 1. The van der Waals surface area contributed by atoms with Crippen molar-refractivity contribution in [2.75, 3.05) is 37.1 Å². The summed E-state index contributed by atoms with van der Waals surface area (Å²) in [5.41, 5.74) is 1.55. The van der Waals surface area contributed by atoms with Gasteiger partial charge in [-0.3, -0.25) is 0 Å². The van der Waals surface area contributed by atoms with Gasteiger partial charge in [0.25, 0.3) is 0 Å². The molecular weight excluding hydrogens is 234 g/mol. The molecule has 0 N–H and O–H groups in total. The zero-order chi connectivity index (χ0) is 12.7. The molecule has 4 heteroatoms. The molecule has 1 aromatic rings. The summed E-state index contributed by atoms with van der Waals surface area (Å²) >= 11 is 1.89. The highest BCUT2D eigenvalue weighted by molar-refractivity contribution is 7.99. The molecule has 0 spiro atoms. The Morgan fingerprint density at radius 1 is 1.41 bits per heavy atom. The first-order valence-electron chi connectivity index (χ1n) is 5.67. The number of rotatable bonds is 6. The van der Waals surface area contributed by atoms with E-state index in [1.54, 1.807) is 6.07 Å². The molecule has 0 fully saturated rings. The third kappa shape index (κ3) is 3.97. The van der Waals surface area contributed by atoms with Gasteiger partial charge in [-0.05, 0) is 17.9 Å². The minimum atomic E-state index is -0.282. The van der Waals surface area contributed by atoms with Crippen LogP contribution in [0, 0.1) is 0 Å². The highest BCUT2D eigenvalue weighted by Crippen LogP contribution is 2.20. The fraction of sp³-hybridized carbons (Fsp3) is 0.462. The fourth-order valence-corrected chi connectivity index (χ4v) is 2.25. The van der Waals surface area contributed by atoms with E-state index < -0.39 is 0 Å². The Morgan fingerprint density at radius 2 is 2.12 bits per heavy atom. The summed E-state index contributed by atoms with van der Waals surface area (Å²) in [5, 5.41) is 0. The van der Waals surface area contributed by atoms with Gasteiger partial charge >= 0.3 is 5.97 Å². The van der Waals surface area contributed by atoms with Gasteiger partial charge in [-0.15, -0.1) is 0 Å². The number of hydrogen-bond acceptors (Lipinski definition) is 4. The van der Waals surface area contributed by atoms with E-state index in [1.807, 2.05) is 37.0 Å². The van der Waals surface area contributed by atoms with E-state index >= 15 is 0 Å². The van der Waals surface area contributed by atoms with Crippen LogP contribution in [-0.4, -0.2) is 38.2 Å². The van der Waals surface area contributed by atoms with Crippen LogP contribution in [0.2, 0.25) is 0 Å². The van der Waals surface area contributed by atoms with E-state index in [2.05, 4.69) is 11.8 Å². The Morgan fingerprint density at radius 3 is 2.76 bits per heavy atom. The minimum absolute atomic E-state index is 0.282. The number of carbonyl (C=O) groups is 1. The molecule has 0 aliphatic rings. The zero-order valence-electron chi connectivity index (χ0n) is 10.6. The summed E-state index contributed by atoms with van der Waals surface area (Å²) in [6, 6.07) is 7.53. The Bertz CT molecular complexity index is 368. The van der Waals surface area contributed by atoms with Crippen LogP contribution in [0.4, 0.5) is 5.69 Å².